The summed E-state index contributed by atoms with van der Waals surface area (Å²) >= 11 is 0. The monoisotopic (exact) mass is 187 g/mol. The quantitative estimate of drug-likeness (QED) is 0.656. The molecular weight excluding hydrogens is 170 g/mol. The van der Waals surface area contributed by atoms with Crippen LogP contribution in [0.2, 0.25) is 0 Å². The van der Waals surface area contributed by atoms with Crippen LogP contribution >= 0.6 is 0 Å². The molecule has 0 aromatic heterocycles. The molecule has 1 aliphatic heterocycles. The third-order valence-corrected chi connectivity index (χ3v) is 4.43. The van der Waals surface area contributed by atoms with E-state index >= 15 is 0 Å². The average Bonchev–Trinajstić information content (AvgIpc) is 2.76. The lowest BCUT2D eigenvalue weighted by atomic mass is 10.2. The molecule has 2 nitrogen and oxygen atoms in total. The third kappa shape index (κ3) is 2.07. The third-order valence-electron chi connectivity index (χ3n) is 2.76. The van der Waals surface area contributed by atoms with Gasteiger partial charge in [-0.15, -0.1) is 0 Å². The highest BCUT2D eigenvalue weighted by molar-refractivity contribution is 7.85. The van der Waals surface area contributed by atoms with Crippen LogP contribution in [0.1, 0.15) is 19.8 Å². The van der Waals surface area contributed by atoms with E-state index in [0.29, 0.717) is 12.0 Å². The summed E-state index contributed by atoms with van der Waals surface area (Å²) in [5.41, 5.74) is 0. The Bertz CT molecular complexity index is 191. The van der Waals surface area contributed by atoms with Crippen LogP contribution in [0.25, 0.3) is 0 Å². The first-order chi connectivity index (χ1) is 5.75. The second kappa shape index (κ2) is 3.46. The molecule has 12 heavy (non-hydrogen) atoms. The van der Waals surface area contributed by atoms with E-state index in [1.54, 1.807) is 0 Å². The molecule has 0 aromatic rings. The lowest BCUT2D eigenvalue weighted by Crippen LogP contribution is -2.35. The Labute approximate surface area is 76.6 Å². The van der Waals surface area contributed by atoms with Gasteiger partial charge in [0.15, 0.2) is 0 Å². The van der Waals surface area contributed by atoms with Crippen molar-refractivity contribution in [1.29, 1.82) is 0 Å². The highest BCUT2D eigenvalue weighted by Gasteiger charge is 2.33. The summed E-state index contributed by atoms with van der Waals surface area (Å²) in [6, 6.07) is 0.566. The summed E-state index contributed by atoms with van der Waals surface area (Å²) in [6.45, 7) is 3.24. The summed E-state index contributed by atoms with van der Waals surface area (Å²) in [7, 11) is -0.561. The van der Waals surface area contributed by atoms with E-state index in [4.69, 9.17) is 0 Å². The van der Waals surface area contributed by atoms with Crippen molar-refractivity contribution in [2.45, 2.75) is 25.8 Å². The summed E-state index contributed by atoms with van der Waals surface area (Å²) < 4.78 is 11.5. The predicted molar refractivity (Wildman–Crippen MR) is 51.6 cm³/mol. The Morgan fingerprint density at radius 1 is 1.33 bits per heavy atom. The Morgan fingerprint density at radius 3 is 2.75 bits per heavy atom. The van der Waals surface area contributed by atoms with Gasteiger partial charge in [-0.2, -0.15) is 0 Å². The van der Waals surface area contributed by atoms with Gasteiger partial charge in [0.25, 0.3) is 0 Å². The predicted octanol–water partition coefficient (Wildman–Crippen LogP) is 0.753. The lowest BCUT2D eigenvalue weighted by molar-refractivity contribution is 0.469. The van der Waals surface area contributed by atoms with Crippen LogP contribution in [-0.4, -0.2) is 28.3 Å². The molecule has 1 saturated carbocycles. The molecular formula is C9H17NOS. The highest BCUT2D eigenvalue weighted by atomic mass is 32.2. The van der Waals surface area contributed by atoms with Crippen molar-refractivity contribution in [3.8, 4) is 0 Å². The zero-order chi connectivity index (χ0) is 8.55. The molecule has 2 aliphatic rings. The molecule has 0 amide bonds. The van der Waals surface area contributed by atoms with Crippen molar-refractivity contribution in [2.24, 2.45) is 11.8 Å². The fourth-order valence-electron chi connectivity index (χ4n) is 1.86. The van der Waals surface area contributed by atoms with Gasteiger partial charge >= 0.3 is 0 Å². The largest absolute Gasteiger partial charge is 0.312 e. The minimum Gasteiger partial charge on any atom is -0.312 e. The maximum Gasteiger partial charge on any atom is 0.0391 e. The van der Waals surface area contributed by atoms with E-state index in [2.05, 4.69) is 12.2 Å². The lowest BCUT2D eigenvalue weighted by Gasteiger charge is -2.13. The van der Waals surface area contributed by atoms with Crippen molar-refractivity contribution in [3.63, 3.8) is 0 Å². The van der Waals surface area contributed by atoms with Crippen molar-refractivity contribution >= 4 is 10.8 Å². The minimum atomic E-state index is -0.561. The van der Waals surface area contributed by atoms with Gasteiger partial charge < -0.3 is 5.32 Å². The summed E-state index contributed by atoms with van der Waals surface area (Å²) in [4.78, 5) is 0. The van der Waals surface area contributed by atoms with Crippen LogP contribution in [0.3, 0.4) is 0 Å². The second-order valence-corrected chi connectivity index (χ2v) is 5.78. The Balaban J connectivity index is 1.94. The maximum atomic E-state index is 11.5. The Hall–Kier alpha value is 0.110. The molecule has 0 radical (unpaired) electrons. The van der Waals surface area contributed by atoms with Gasteiger partial charge in [0.2, 0.25) is 0 Å². The van der Waals surface area contributed by atoms with Gasteiger partial charge in [-0.1, -0.05) is 6.92 Å². The van der Waals surface area contributed by atoms with Gasteiger partial charge in [-0.3, -0.25) is 4.21 Å². The molecule has 2 fully saturated rings. The maximum absolute atomic E-state index is 11.5. The van der Waals surface area contributed by atoms with E-state index in [0.717, 1.165) is 24.0 Å². The molecule has 1 aliphatic carbocycles. The van der Waals surface area contributed by atoms with E-state index < -0.39 is 10.8 Å². The molecule has 3 unspecified atom stereocenters. The second-order valence-electron chi connectivity index (χ2n) is 4.23. The van der Waals surface area contributed by atoms with Crippen LogP contribution in [0.5, 0.6) is 0 Å². The number of hydrogen-bond acceptors (Lipinski definition) is 2. The first kappa shape index (κ1) is 8.70. The van der Waals surface area contributed by atoms with Crippen LogP contribution in [-0.2, 0) is 10.8 Å². The first-order valence-electron chi connectivity index (χ1n) is 4.84. The number of nitrogens with one attached hydrogen (secondary N) is 1. The molecule has 1 heterocycles. The molecule has 70 valence electrons. The fourth-order valence-corrected chi connectivity index (χ4v) is 3.54. The standard InChI is InChI=1S/C9H17NOS/c1-7-4-10-9(8-2-3-8)6-12(11)5-7/h7-10H,2-6H2,1H3. The normalized spacial score (nSPS) is 43.9. The van der Waals surface area contributed by atoms with Gasteiger partial charge in [0.1, 0.15) is 0 Å². The van der Waals surface area contributed by atoms with Crippen LogP contribution < -0.4 is 5.32 Å². The van der Waals surface area contributed by atoms with Crippen LogP contribution in [0.15, 0.2) is 0 Å². The molecule has 2 rings (SSSR count). The zero-order valence-electron chi connectivity index (χ0n) is 7.58. The topological polar surface area (TPSA) is 29.1 Å². The number of rotatable bonds is 1. The van der Waals surface area contributed by atoms with Gasteiger partial charge in [-0.25, -0.2) is 0 Å². The van der Waals surface area contributed by atoms with Crippen molar-refractivity contribution < 1.29 is 4.21 Å². The smallest absolute Gasteiger partial charge is 0.0391 e. The fraction of sp³-hybridized carbons (Fsp3) is 1.00. The summed E-state index contributed by atoms with van der Waals surface area (Å²) in [5.74, 6) is 3.24. The molecule has 0 aromatic carbocycles. The summed E-state index contributed by atoms with van der Waals surface area (Å²) in [5, 5.41) is 3.53. The number of hydrogen-bond donors (Lipinski definition) is 1. The Kier molecular flexibility index (Phi) is 2.51. The molecule has 0 bridgehead atoms. The van der Waals surface area contributed by atoms with Gasteiger partial charge in [-0.05, 0) is 31.2 Å². The Morgan fingerprint density at radius 2 is 2.08 bits per heavy atom. The first-order valence-corrected chi connectivity index (χ1v) is 6.33. The van der Waals surface area contributed by atoms with E-state index in [1.807, 2.05) is 0 Å². The summed E-state index contributed by atoms with van der Waals surface area (Å²) in [6.07, 6.45) is 2.70. The molecule has 1 N–H and O–H groups in total. The van der Waals surface area contributed by atoms with Gasteiger partial charge in [0, 0.05) is 28.3 Å². The molecule has 3 atom stereocenters. The highest BCUT2D eigenvalue weighted by Crippen LogP contribution is 2.33. The SMILES string of the molecule is CC1CNC(C2CC2)CS(=O)C1. The molecule has 3 heteroatoms. The van der Waals surface area contributed by atoms with E-state index in [1.165, 1.54) is 12.8 Å². The zero-order valence-corrected chi connectivity index (χ0v) is 8.40. The minimum absolute atomic E-state index is 0.561. The average molecular weight is 187 g/mol. The van der Waals surface area contributed by atoms with Crippen LogP contribution in [0.4, 0.5) is 0 Å². The molecule has 0 spiro atoms. The van der Waals surface area contributed by atoms with Crippen molar-refractivity contribution in [2.75, 3.05) is 18.1 Å². The van der Waals surface area contributed by atoms with Crippen molar-refractivity contribution in [1.82, 2.24) is 5.32 Å². The molecule has 1 saturated heterocycles. The van der Waals surface area contributed by atoms with E-state index in [-0.39, 0.29) is 0 Å². The van der Waals surface area contributed by atoms with Crippen molar-refractivity contribution in [3.05, 3.63) is 0 Å². The van der Waals surface area contributed by atoms with E-state index in [9.17, 15) is 4.21 Å². The van der Waals surface area contributed by atoms with Gasteiger partial charge in [0.05, 0.1) is 0 Å². The van der Waals surface area contributed by atoms with Crippen LogP contribution in [0, 0.1) is 11.8 Å².